The molecule has 0 radical (unpaired) electrons. The molecule has 9 aromatic carbocycles. The summed E-state index contributed by atoms with van der Waals surface area (Å²) in [6.45, 7) is 0. The van der Waals surface area contributed by atoms with Crippen LogP contribution in [0.1, 0.15) is 22.3 Å². The lowest BCUT2D eigenvalue weighted by molar-refractivity contribution is 0.669. The van der Waals surface area contributed by atoms with Crippen LogP contribution >= 0.6 is 0 Å². The maximum absolute atomic E-state index is 6.28. The zero-order valence-electron chi connectivity index (χ0n) is 33.5. The lowest BCUT2D eigenvalue weighted by Gasteiger charge is -2.30. The summed E-state index contributed by atoms with van der Waals surface area (Å²) in [4.78, 5) is 15.3. The molecule has 0 saturated carbocycles. The van der Waals surface area contributed by atoms with E-state index in [0.717, 1.165) is 55.3 Å². The molecule has 0 bridgehead atoms. The fourth-order valence-corrected chi connectivity index (χ4v) is 10.3. The third-order valence-electron chi connectivity index (χ3n) is 13.0. The lowest BCUT2D eigenvalue weighted by Crippen LogP contribution is -2.25. The van der Waals surface area contributed by atoms with Gasteiger partial charge in [-0.25, -0.2) is 15.0 Å². The number of rotatable bonds is 5. The van der Waals surface area contributed by atoms with Gasteiger partial charge in [0, 0.05) is 27.5 Å². The van der Waals surface area contributed by atoms with Crippen molar-refractivity contribution in [3.63, 3.8) is 0 Å². The zero-order chi connectivity index (χ0) is 40.8. The number of para-hydroxylation sites is 1. The fourth-order valence-electron chi connectivity index (χ4n) is 10.3. The summed E-state index contributed by atoms with van der Waals surface area (Å²) >= 11 is 0. The molecule has 0 aliphatic heterocycles. The highest BCUT2D eigenvalue weighted by molar-refractivity contribution is 6.06. The van der Waals surface area contributed by atoms with Gasteiger partial charge in [0.15, 0.2) is 17.5 Å². The number of furan rings is 1. The minimum Gasteiger partial charge on any atom is -0.456 e. The van der Waals surface area contributed by atoms with E-state index in [-0.39, 0.29) is 5.41 Å². The third kappa shape index (κ3) is 5.04. The quantitative estimate of drug-likeness (QED) is 0.174. The number of hydrogen-bond donors (Lipinski definition) is 0. The Bertz CT molecular complexity index is 3520. The number of aromatic nitrogens is 3. The molecule has 4 heteroatoms. The van der Waals surface area contributed by atoms with E-state index in [0.29, 0.717) is 17.5 Å². The monoisotopic (exact) mass is 789 g/mol. The SMILES string of the molecule is c1ccc(-c2nc(-c3ccc4c(c3)oc3ccccc34)nc(-c3ccccc3-c3ccc(-c4ccc5c(c4)C4(c6ccccc6-c6ccccc64)c4ccccc4-5)cc3)n2)cc1. The topological polar surface area (TPSA) is 51.8 Å². The summed E-state index contributed by atoms with van der Waals surface area (Å²) in [7, 11) is 0. The minimum absolute atomic E-state index is 0.381. The van der Waals surface area contributed by atoms with E-state index >= 15 is 0 Å². The van der Waals surface area contributed by atoms with Gasteiger partial charge in [0.25, 0.3) is 0 Å². The van der Waals surface area contributed by atoms with Crippen LogP contribution in [0.4, 0.5) is 0 Å². The first-order valence-corrected chi connectivity index (χ1v) is 21.1. The number of nitrogens with zero attached hydrogens (tertiary/aromatic N) is 3. The van der Waals surface area contributed by atoms with E-state index in [1.807, 2.05) is 54.6 Å². The highest BCUT2D eigenvalue weighted by Crippen LogP contribution is 2.63. The Morgan fingerprint density at radius 2 is 0.758 bits per heavy atom. The Labute approximate surface area is 358 Å². The maximum atomic E-state index is 6.28. The lowest BCUT2D eigenvalue weighted by atomic mass is 9.70. The van der Waals surface area contributed by atoms with Gasteiger partial charge in [-0.2, -0.15) is 0 Å². The van der Waals surface area contributed by atoms with Gasteiger partial charge in [-0.15, -0.1) is 0 Å². The third-order valence-corrected chi connectivity index (χ3v) is 13.0. The fraction of sp³-hybridized carbons (Fsp3) is 0.0172. The standard InChI is InChI=1S/C58H35N3O/c1-2-14-38(15-3-1)55-59-56(40-31-33-47-46-20-9-13-25-53(46)62-54(47)35-40)61-57(60-55)48-21-5-4-16-41(48)37-28-26-36(27-29-37)39-30-32-45-44-19-8-12-24-51(44)58(52(45)34-39)49-22-10-6-17-42(49)43-18-7-11-23-50(43)58/h1-35H. The summed E-state index contributed by atoms with van der Waals surface area (Å²) in [5, 5.41) is 2.15. The molecule has 0 atom stereocenters. The van der Waals surface area contributed by atoms with Crippen molar-refractivity contribution in [3.8, 4) is 78.7 Å². The summed E-state index contributed by atoms with van der Waals surface area (Å²) in [6.07, 6.45) is 0. The average molecular weight is 790 g/mol. The Hall–Kier alpha value is -8.21. The molecule has 0 N–H and O–H groups in total. The zero-order valence-corrected chi connectivity index (χ0v) is 33.5. The first kappa shape index (κ1) is 34.6. The van der Waals surface area contributed by atoms with E-state index in [1.54, 1.807) is 0 Å². The van der Waals surface area contributed by atoms with Crippen molar-refractivity contribution in [2.75, 3.05) is 0 Å². The van der Waals surface area contributed by atoms with Crippen LogP contribution in [0.3, 0.4) is 0 Å². The van der Waals surface area contributed by atoms with Crippen molar-refractivity contribution in [2.24, 2.45) is 0 Å². The summed E-state index contributed by atoms with van der Waals surface area (Å²) in [5.74, 6) is 1.81. The molecule has 2 aliphatic rings. The summed E-state index contributed by atoms with van der Waals surface area (Å²) < 4.78 is 6.28. The predicted octanol–water partition coefficient (Wildman–Crippen LogP) is 14.4. The molecular weight excluding hydrogens is 755 g/mol. The first-order chi connectivity index (χ1) is 30.7. The molecule has 288 valence electrons. The highest BCUT2D eigenvalue weighted by Gasteiger charge is 2.51. The Morgan fingerprint density at radius 3 is 1.45 bits per heavy atom. The van der Waals surface area contributed by atoms with E-state index in [1.165, 1.54) is 50.1 Å². The largest absolute Gasteiger partial charge is 0.456 e. The molecule has 0 amide bonds. The molecular formula is C58H35N3O. The second-order valence-corrected chi connectivity index (χ2v) is 16.3. The number of benzene rings is 9. The van der Waals surface area contributed by atoms with Crippen LogP contribution < -0.4 is 0 Å². The molecule has 0 saturated heterocycles. The average Bonchev–Trinajstić information content (AvgIpc) is 3.98. The summed E-state index contributed by atoms with van der Waals surface area (Å²) in [5.41, 5.74) is 19.1. The van der Waals surface area contributed by atoms with Crippen LogP contribution in [0.15, 0.2) is 217 Å². The molecule has 2 heterocycles. The first-order valence-electron chi connectivity index (χ1n) is 21.1. The number of hydrogen-bond acceptors (Lipinski definition) is 4. The Morgan fingerprint density at radius 1 is 0.274 bits per heavy atom. The van der Waals surface area contributed by atoms with Crippen LogP contribution in [-0.2, 0) is 5.41 Å². The molecule has 2 aromatic heterocycles. The van der Waals surface area contributed by atoms with E-state index in [4.69, 9.17) is 19.4 Å². The smallest absolute Gasteiger partial charge is 0.164 e. The molecule has 0 unspecified atom stereocenters. The van der Waals surface area contributed by atoms with Gasteiger partial charge in [0.1, 0.15) is 11.2 Å². The van der Waals surface area contributed by atoms with E-state index in [2.05, 4.69) is 158 Å². The van der Waals surface area contributed by atoms with Crippen molar-refractivity contribution in [1.29, 1.82) is 0 Å². The van der Waals surface area contributed by atoms with Crippen molar-refractivity contribution < 1.29 is 4.42 Å². The van der Waals surface area contributed by atoms with Crippen molar-refractivity contribution >= 4 is 21.9 Å². The predicted molar refractivity (Wildman–Crippen MR) is 251 cm³/mol. The van der Waals surface area contributed by atoms with Gasteiger partial charge in [-0.1, -0.05) is 188 Å². The highest BCUT2D eigenvalue weighted by atomic mass is 16.3. The van der Waals surface area contributed by atoms with Crippen LogP contribution in [0.5, 0.6) is 0 Å². The van der Waals surface area contributed by atoms with Gasteiger partial charge < -0.3 is 4.42 Å². The molecule has 0 fully saturated rings. The second-order valence-electron chi connectivity index (χ2n) is 16.3. The molecule has 13 rings (SSSR count). The van der Waals surface area contributed by atoms with E-state index < -0.39 is 0 Å². The maximum Gasteiger partial charge on any atom is 0.164 e. The van der Waals surface area contributed by atoms with Gasteiger partial charge >= 0.3 is 0 Å². The van der Waals surface area contributed by atoms with E-state index in [9.17, 15) is 0 Å². The van der Waals surface area contributed by atoms with Crippen molar-refractivity contribution in [3.05, 3.63) is 235 Å². The molecule has 11 aromatic rings. The summed E-state index contributed by atoms with van der Waals surface area (Å²) in [6, 6.07) is 75.8. The van der Waals surface area contributed by atoms with Crippen molar-refractivity contribution in [2.45, 2.75) is 5.41 Å². The van der Waals surface area contributed by atoms with Crippen LogP contribution in [0, 0.1) is 0 Å². The Kier molecular flexibility index (Phi) is 7.49. The molecule has 62 heavy (non-hydrogen) atoms. The minimum atomic E-state index is -0.381. The number of fused-ring (bicyclic) bond motifs is 13. The van der Waals surface area contributed by atoms with Crippen LogP contribution in [0.2, 0.25) is 0 Å². The molecule has 4 nitrogen and oxygen atoms in total. The van der Waals surface area contributed by atoms with Gasteiger partial charge in [-0.05, 0) is 91.0 Å². The van der Waals surface area contributed by atoms with Crippen LogP contribution in [-0.4, -0.2) is 15.0 Å². The van der Waals surface area contributed by atoms with Crippen LogP contribution in [0.25, 0.3) is 101 Å². The molecule has 1 spiro atoms. The van der Waals surface area contributed by atoms with Gasteiger partial charge in [0.05, 0.1) is 5.41 Å². The normalized spacial score (nSPS) is 13.0. The van der Waals surface area contributed by atoms with Gasteiger partial charge in [-0.3, -0.25) is 0 Å². The second kappa shape index (κ2) is 13.4. The van der Waals surface area contributed by atoms with Crippen molar-refractivity contribution in [1.82, 2.24) is 15.0 Å². The Balaban J connectivity index is 0.914. The molecule has 2 aliphatic carbocycles. The van der Waals surface area contributed by atoms with Gasteiger partial charge in [0.2, 0.25) is 0 Å².